The second-order valence-corrected chi connectivity index (χ2v) is 5.87. The fourth-order valence-corrected chi connectivity index (χ4v) is 2.43. The quantitative estimate of drug-likeness (QED) is 0.843. The molecule has 1 heterocycles. The van der Waals surface area contributed by atoms with Crippen LogP contribution in [0.15, 0.2) is 22.9 Å². The number of benzene rings is 1. The number of aromatic nitrogens is 2. The standard InChI is InChI=1S/C16H20BrN3O/c1-5-6-18-15-14(17)16(20-9-19-15)21-13-8-10(2)7-11(3)12(13)4/h7-9H,5-6H2,1-4H3,(H,18,19,20). The number of nitrogens with zero attached hydrogens (tertiary/aromatic N) is 2. The first kappa shape index (κ1) is 15.8. The van der Waals surface area contributed by atoms with E-state index in [-0.39, 0.29) is 0 Å². The summed E-state index contributed by atoms with van der Waals surface area (Å²) in [7, 11) is 0. The third-order valence-electron chi connectivity index (χ3n) is 3.27. The maximum Gasteiger partial charge on any atom is 0.238 e. The molecule has 112 valence electrons. The molecule has 0 atom stereocenters. The molecule has 0 fully saturated rings. The Morgan fingerprint density at radius 3 is 2.67 bits per heavy atom. The van der Waals surface area contributed by atoms with Crippen LogP contribution in [0, 0.1) is 20.8 Å². The predicted molar refractivity (Wildman–Crippen MR) is 89.2 cm³/mol. The van der Waals surface area contributed by atoms with Crippen LogP contribution in [-0.2, 0) is 0 Å². The normalized spacial score (nSPS) is 10.5. The summed E-state index contributed by atoms with van der Waals surface area (Å²) in [5, 5.41) is 3.25. The van der Waals surface area contributed by atoms with Crippen molar-refractivity contribution < 1.29 is 4.74 Å². The van der Waals surface area contributed by atoms with Crippen molar-refractivity contribution >= 4 is 21.7 Å². The average molecular weight is 350 g/mol. The fraction of sp³-hybridized carbons (Fsp3) is 0.375. The summed E-state index contributed by atoms with van der Waals surface area (Å²) in [6, 6.07) is 4.17. The predicted octanol–water partition coefficient (Wildman–Crippen LogP) is 4.78. The van der Waals surface area contributed by atoms with Crippen molar-refractivity contribution in [1.29, 1.82) is 0 Å². The van der Waals surface area contributed by atoms with Gasteiger partial charge in [0.2, 0.25) is 5.88 Å². The molecule has 2 aromatic rings. The Morgan fingerprint density at radius 2 is 1.95 bits per heavy atom. The van der Waals surface area contributed by atoms with Crippen LogP contribution < -0.4 is 10.1 Å². The highest BCUT2D eigenvalue weighted by atomic mass is 79.9. The van der Waals surface area contributed by atoms with Gasteiger partial charge in [0.1, 0.15) is 22.4 Å². The molecule has 0 aliphatic rings. The van der Waals surface area contributed by atoms with E-state index in [9.17, 15) is 0 Å². The van der Waals surface area contributed by atoms with Crippen molar-refractivity contribution in [3.8, 4) is 11.6 Å². The number of rotatable bonds is 5. The molecule has 0 unspecified atom stereocenters. The van der Waals surface area contributed by atoms with E-state index in [1.54, 1.807) is 0 Å². The van der Waals surface area contributed by atoms with Gasteiger partial charge in [-0.05, 0) is 65.9 Å². The van der Waals surface area contributed by atoms with Crippen LogP contribution in [0.2, 0.25) is 0 Å². The molecule has 21 heavy (non-hydrogen) atoms. The lowest BCUT2D eigenvalue weighted by Crippen LogP contribution is -2.04. The molecule has 0 bridgehead atoms. The average Bonchev–Trinajstić information content (AvgIpc) is 2.45. The van der Waals surface area contributed by atoms with Crippen LogP contribution in [0.25, 0.3) is 0 Å². The highest BCUT2D eigenvalue weighted by molar-refractivity contribution is 9.10. The monoisotopic (exact) mass is 349 g/mol. The Labute approximate surface area is 134 Å². The molecule has 2 rings (SSSR count). The van der Waals surface area contributed by atoms with Crippen LogP contribution in [0.1, 0.15) is 30.0 Å². The van der Waals surface area contributed by atoms with E-state index < -0.39 is 0 Å². The largest absolute Gasteiger partial charge is 0.437 e. The summed E-state index contributed by atoms with van der Waals surface area (Å²) in [6.45, 7) is 9.16. The lowest BCUT2D eigenvalue weighted by Gasteiger charge is -2.13. The number of hydrogen-bond donors (Lipinski definition) is 1. The van der Waals surface area contributed by atoms with Crippen molar-refractivity contribution in [3.05, 3.63) is 39.6 Å². The first-order chi connectivity index (χ1) is 10.0. The zero-order valence-electron chi connectivity index (χ0n) is 12.8. The minimum atomic E-state index is 0.525. The molecule has 1 aromatic heterocycles. The summed E-state index contributed by atoms with van der Waals surface area (Å²) in [5.74, 6) is 2.11. The topological polar surface area (TPSA) is 47.0 Å². The molecule has 0 saturated carbocycles. The fourth-order valence-electron chi connectivity index (χ4n) is 2.00. The van der Waals surface area contributed by atoms with Gasteiger partial charge in [-0.25, -0.2) is 9.97 Å². The molecule has 0 saturated heterocycles. The first-order valence-corrected chi connectivity index (χ1v) is 7.82. The Bertz CT molecular complexity index is 644. The molecule has 1 N–H and O–H groups in total. The van der Waals surface area contributed by atoms with Gasteiger partial charge >= 0.3 is 0 Å². The Kier molecular flexibility index (Phi) is 5.17. The van der Waals surface area contributed by atoms with E-state index in [4.69, 9.17) is 4.74 Å². The minimum absolute atomic E-state index is 0.525. The SMILES string of the molecule is CCCNc1ncnc(Oc2cc(C)cc(C)c2C)c1Br. The molecular weight excluding hydrogens is 330 g/mol. The Hall–Kier alpha value is -1.62. The van der Waals surface area contributed by atoms with Crippen LogP contribution >= 0.6 is 15.9 Å². The molecular formula is C16H20BrN3O. The van der Waals surface area contributed by atoms with E-state index in [1.165, 1.54) is 17.5 Å². The summed E-state index contributed by atoms with van der Waals surface area (Å²) in [5.41, 5.74) is 3.50. The van der Waals surface area contributed by atoms with Gasteiger partial charge in [-0.15, -0.1) is 0 Å². The lowest BCUT2D eigenvalue weighted by atomic mass is 10.1. The second kappa shape index (κ2) is 6.89. The van der Waals surface area contributed by atoms with Crippen molar-refractivity contribution in [1.82, 2.24) is 9.97 Å². The molecule has 5 heteroatoms. The third-order valence-corrected chi connectivity index (χ3v) is 3.99. The summed E-state index contributed by atoms with van der Waals surface area (Å²) >= 11 is 3.52. The van der Waals surface area contributed by atoms with Gasteiger partial charge in [0, 0.05) is 6.54 Å². The smallest absolute Gasteiger partial charge is 0.238 e. The van der Waals surface area contributed by atoms with Crippen LogP contribution in [0.3, 0.4) is 0 Å². The lowest BCUT2D eigenvalue weighted by molar-refractivity contribution is 0.454. The van der Waals surface area contributed by atoms with E-state index in [1.807, 2.05) is 6.07 Å². The van der Waals surface area contributed by atoms with E-state index in [2.05, 4.69) is 65.0 Å². The summed E-state index contributed by atoms with van der Waals surface area (Å²) in [4.78, 5) is 8.45. The number of halogens is 1. The second-order valence-electron chi connectivity index (χ2n) is 5.08. The number of ether oxygens (including phenoxy) is 1. The first-order valence-electron chi connectivity index (χ1n) is 7.03. The van der Waals surface area contributed by atoms with Crippen LogP contribution in [-0.4, -0.2) is 16.5 Å². The summed E-state index contributed by atoms with van der Waals surface area (Å²) < 4.78 is 6.73. The maximum atomic E-state index is 5.98. The highest BCUT2D eigenvalue weighted by Crippen LogP contribution is 2.34. The molecule has 0 radical (unpaired) electrons. The Balaban J connectivity index is 2.32. The van der Waals surface area contributed by atoms with Gasteiger partial charge in [-0.1, -0.05) is 13.0 Å². The number of aryl methyl sites for hydroxylation is 2. The van der Waals surface area contributed by atoms with Crippen LogP contribution in [0.5, 0.6) is 11.6 Å². The third kappa shape index (κ3) is 3.73. The maximum absolute atomic E-state index is 5.98. The molecule has 4 nitrogen and oxygen atoms in total. The molecule has 0 spiro atoms. The van der Waals surface area contributed by atoms with Gasteiger partial charge in [0.05, 0.1) is 0 Å². The highest BCUT2D eigenvalue weighted by Gasteiger charge is 2.12. The van der Waals surface area contributed by atoms with E-state index in [0.29, 0.717) is 5.88 Å². The van der Waals surface area contributed by atoms with Crippen molar-refractivity contribution in [2.75, 3.05) is 11.9 Å². The van der Waals surface area contributed by atoms with Crippen molar-refractivity contribution in [3.63, 3.8) is 0 Å². The van der Waals surface area contributed by atoms with E-state index in [0.717, 1.165) is 34.6 Å². The van der Waals surface area contributed by atoms with Gasteiger partial charge < -0.3 is 10.1 Å². The number of anilines is 1. The van der Waals surface area contributed by atoms with E-state index >= 15 is 0 Å². The minimum Gasteiger partial charge on any atom is -0.437 e. The zero-order chi connectivity index (χ0) is 15.4. The summed E-state index contributed by atoms with van der Waals surface area (Å²) in [6.07, 6.45) is 2.54. The zero-order valence-corrected chi connectivity index (χ0v) is 14.4. The van der Waals surface area contributed by atoms with Gasteiger partial charge in [-0.3, -0.25) is 0 Å². The Morgan fingerprint density at radius 1 is 1.19 bits per heavy atom. The van der Waals surface area contributed by atoms with Crippen molar-refractivity contribution in [2.45, 2.75) is 34.1 Å². The molecule has 0 amide bonds. The molecule has 0 aliphatic carbocycles. The van der Waals surface area contributed by atoms with Crippen LogP contribution in [0.4, 0.5) is 5.82 Å². The van der Waals surface area contributed by atoms with Gasteiger partial charge in [0.15, 0.2) is 0 Å². The number of nitrogens with one attached hydrogen (secondary N) is 1. The van der Waals surface area contributed by atoms with Gasteiger partial charge in [-0.2, -0.15) is 0 Å². The number of hydrogen-bond acceptors (Lipinski definition) is 4. The van der Waals surface area contributed by atoms with Crippen molar-refractivity contribution in [2.24, 2.45) is 0 Å². The molecule has 0 aliphatic heterocycles. The van der Waals surface area contributed by atoms with Gasteiger partial charge in [0.25, 0.3) is 0 Å². The molecule has 1 aromatic carbocycles.